The molecule has 0 bridgehead atoms. The van der Waals surface area contributed by atoms with Gasteiger partial charge in [0, 0.05) is 25.4 Å². The molecule has 0 aromatic rings. The fourth-order valence-corrected chi connectivity index (χ4v) is 2.28. The smallest absolute Gasteiger partial charge is 0.156 e. The summed E-state index contributed by atoms with van der Waals surface area (Å²) in [6.07, 6.45) is 0.258. The molecule has 0 aromatic heterocycles. The topological polar surface area (TPSA) is 33.6 Å². The van der Waals surface area contributed by atoms with Crippen LogP contribution >= 0.6 is 11.8 Å². The lowest BCUT2D eigenvalue weighted by atomic mass is 9.97. The number of rotatable bonds is 4. The highest BCUT2D eigenvalue weighted by Crippen LogP contribution is 2.26. The van der Waals surface area contributed by atoms with Crippen LogP contribution in [0.1, 0.15) is 27.7 Å². The molecule has 3 nitrogen and oxygen atoms in total. The van der Waals surface area contributed by atoms with Crippen LogP contribution in [0.15, 0.2) is 4.99 Å². The van der Waals surface area contributed by atoms with Crippen LogP contribution in [-0.2, 0) is 4.74 Å². The lowest BCUT2D eigenvalue weighted by Crippen LogP contribution is -2.35. The molecule has 1 aliphatic heterocycles. The molecule has 88 valence electrons. The van der Waals surface area contributed by atoms with Crippen molar-refractivity contribution in [2.24, 2.45) is 10.4 Å². The molecule has 4 heteroatoms. The highest BCUT2D eigenvalue weighted by Gasteiger charge is 2.23. The van der Waals surface area contributed by atoms with Crippen molar-refractivity contribution in [3.63, 3.8) is 0 Å². The van der Waals surface area contributed by atoms with Crippen LogP contribution in [0.2, 0.25) is 0 Å². The molecular weight excluding hydrogens is 208 g/mol. The molecular formula is C11H22N2OS. The predicted octanol–water partition coefficient (Wildman–Crippen LogP) is 2.13. The Morgan fingerprint density at radius 1 is 1.60 bits per heavy atom. The van der Waals surface area contributed by atoms with Crippen molar-refractivity contribution in [1.29, 1.82) is 0 Å². The molecule has 1 unspecified atom stereocenters. The number of ether oxygens (including phenoxy) is 1. The van der Waals surface area contributed by atoms with Crippen LogP contribution in [0.4, 0.5) is 0 Å². The van der Waals surface area contributed by atoms with Gasteiger partial charge in [-0.25, -0.2) is 0 Å². The van der Waals surface area contributed by atoms with Gasteiger partial charge in [0.25, 0.3) is 0 Å². The maximum absolute atomic E-state index is 5.45. The predicted molar refractivity (Wildman–Crippen MR) is 67.6 cm³/mol. The lowest BCUT2D eigenvalue weighted by Gasteiger charge is -2.27. The molecule has 1 heterocycles. The van der Waals surface area contributed by atoms with Crippen LogP contribution in [0.25, 0.3) is 0 Å². The second kappa shape index (κ2) is 5.75. The Morgan fingerprint density at radius 3 is 2.87 bits per heavy atom. The van der Waals surface area contributed by atoms with E-state index < -0.39 is 0 Å². The summed E-state index contributed by atoms with van der Waals surface area (Å²) in [6, 6.07) is 0. The van der Waals surface area contributed by atoms with Gasteiger partial charge in [0.15, 0.2) is 5.17 Å². The minimum absolute atomic E-state index is 0.258. The Balaban J connectivity index is 2.26. The molecule has 0 saturated carbocycles. The van der Waals surface area contributed by atoms with Gasteiger partial charge in [-0.15, -0.1) is 0 Å². The minimum atomic E-state index is 0.258. The molecule has 0 saturated heterocycles. The molecule has 1 aliphatic rings. The number of thioether (sulfide) groups is 1. The molecule has 1 rings (SSSR count). The monoisotopic (exact) mass is 230 g/mol. The normalized spacial score (nSPS) is 22.0. The zero-order chi connectivity index (χ0) is 11.3. The van der Waals surface area contributed by atoms with Gasteiger partial charge < -0.3 is 10.1 Å². The van der Waals surface area contributed by atoms with Gasteiger partial charge in [-0.2, -0.15) is 0 Å². The Morgan fingerprint density at radius 2 is 2.33 bits per heavy atom. The van der Waals surface area contributed by atoms with E-state index in [0.29, 0.717) is 5.41 Å². The third-order valence-corrected chi connectivity index (χ3v) is 3.71. The van der Waals surface area contributed by atoms with E-state index in [1.165, 1.54) is 0 Å². The minimum Gasteiger partial charge on any atom is -0.377 e. The van der Waals surface area contributed by atoms with Crippen molar-refractivity contribution >= 4 is 16.9 Å². The highest BCUT2D eigenvalue weighted by atomic mass is 32.2. The fraction of sp³-hybridized carbons (Fsp3) is 0.909. The van der Waals surface area contributed by atoms with Crippen LogP contribution in [-0.4, -0.2) is 36.7 Å². The summed E-state index contributed by atoms with van der Waals surface area (Å²) < 4.78 is 5.45. The first-order valence-electron chi connectivity index (χ1n) is 5.56. The molecule has 0 fully saturated rings. The standard InChI is InChI=1S/C11H22N2OS/c1-5-14-9(2)6-12-10-13-7-11(3,4)8-15-10/h9H,5-8H2,1-4H3,(H,12,13). The third-order valence-electron chi connectivity index (χ3n) is 2.24. The van der Waals surface area contributed by atoms with Gasteiger partial charge in [-0.05, 0) is 19.3 Å². The van der Waals surface area contributed by atoms with Crippen LogP contribution in [0.3, 0.4) is 0 Å². The summed E-state index contributed by atoms with van der Waals surface area (Å²) >= 11 is 1.81. The Labute approximate surface area is 97.1 Å². The van der Waals surface area contributed by atoms with Gasteiger partial charge in [0.1, 0.15) is 0 Å². The molecule has 0 aromatic carbocycles. The fourth-order valence-electron chi connectivity index (χ4n) is 1.32. The zero-order valence-electron chi connectivity index (χ0n) is 10.2. The van der Waals surface area contributed by atoms with Crippen molar-refractivity contribution in [3.8, 4) is 0 Å². The summed E-state index contributed by atoms with van der Waals surface area (Å²) in [7, 11) is 0. The molecule has 0 amide bonds. The first kappa shape index (κ1) is 12.8. The van der Waals surface area contributed by atoms with Crippen molar-refractivity contribution < 1.29 is 4.74 Å². The quantitative estimate of drug-likeness (QED) is 0.803. The third kappa shape index (κ3) is 4.89. The second-order valence-corrected chi connectivity index (χ2v) is 5.69. The Kier molecular flexibility index (Phi) is 4.93. The largest absolute Gasteiger partial charge is 0.377 e. The van der Waals surface area contributed by atoms with Gasteiger partial charge in [-0.3, -0.25) is 4.99 Å². The van der Waals surface area contributed by atoms with Crippen molar-refractivity contribution in [2.75, 3.05) is 25.4 Å². The Bertz CT molecular complexity index is 229. The maximum Gasteiger partial charge on any atom is 0.156 e. The van der Waals surface area contributed by atoms with E-state index in [0.717, 1.165) is 30.6 Å². The highest BCUT2D eigenvalue weighted by molar-refractivity contribution is 8.13. The van der Waals surface area contributed by atoms with Gasteiger partial charge >= 0.3 is 0 Å². The summed E-state index contributed by atoms with van der Waals surface area (Å²) in [5, 5.41) is 4.40. The summed E-state index contributed by atoms with van der Waals surface area (Å²) in [6.45, 7) is 11.1. The average Bonchev–Trinajstić information content (AvgIpc) is 2.17. The Hall–Kier alpha value is -0.220. The van der Waals surface area contributed by atoms with Crippen LogP contribution < -0.4 is 5.32 Å². The van der Waals surface area contributed by atoms with E-state index in [9.17, 15) is 0 Å². The first-order valence-corrected chi connectivity index (χ1v) is 6.55. The molecule has 1 atom stereocenters. The van der Waals surface area contributed by atoms with Gasteiger partial charge in [0.05, 0.1) is 6.10 Å². The SMILES string of the molecule is CCOC(C)CNC1=NCC(C)(C)CS1. The number of nitrogens with one attached hydrogen (secondary N) is 1. The summed E-state index contributed by atoms with van der Waals surface area (Å²) in [4.78, 5) is 4.53. The van der Waals surface area contributed by atoms with Crippen LogP contribution in [0.5, 0.6) is 0 Å². The van der Waals surface area contributed by atoms with Crippen LogP contribution in [0, 0.1) is 5.41 Å². The molecule has 0 spiro atoms. The first-order chi connectivity index (χ1) is 7.03. The van der Waals surface area contributed by atoms with E-state index in [2.05, 4.69) is 31.1 Å². The molecule has 1 N–H and O–H groups in total. The number of hydrogen-bond donors (Lipinski definition) is 1. The van der Waals surface area contributed by atoms with E-state index in [-0.39, 0.29) is 6.10 Å². The maximum atomic E-state index is 5.45. The number of hydrogen-bond acceptors (Lipinski definition) is 4. The van der Waals surface area contributed by atoms with Gasteiger partial charge in [0.2, 0.25) is 0 Å². The number of aliphatic imine (C=N–C) groups is 1. The van der Waals surface area contributed by atoms with E-state index in [1.807, 2.05) is 18.7 Å². The number of nitrogens with zero attached hydrogens (tertiary/aromatic N) is 1. The average molecular weight is 230 g/mol. The summed E-state index contributed by atoms with van der Waals surface area (Å²) in [5.41, 5.74) is 0.349. The van der Waals surface area contributed by atoms with Gasteiger partial charge in [-0.1, -0.05) is 25.6 Å². The molecule has 15 heavy (non-hydrogen) atoms. The second-order valence-electron chi connectivity index (χ2n) is 4.72. The van der Waals surface area contributed by atoms with E-state index >= 15 is 0 Å². The molecule has 0 aliphatic carbocycles. The zero-order valence-corrected chi connectivity index (χ0v) is 11.0. The van der Waals surface area contributed by atoms with Crippen molar-refractivity contribution in [2.45, 2.75) is 33.8 Å². The molecule has 0 radical (unpaired) electrons. The lowest BCUT2D eigenvalue weighted by molar-refractivity contribution is 0.0795. The van der Waals surface area contributed by atoms with E-state index in [4.69, 9.17) is 4.74 Å². The van der Waals surface area contributed by atoms with Crippen molar-refractivity contribution in [3.05, 3.63) is 0 Å². The summed E-state index contributed by atoms with van der Waals surface area (Å²) in [5.74, 6) is 1.14. The van der Waals surface area contributed by atoms with Crippen molar-refractivity contribution in [1.82, 2.24) is 5.32 Å². The van der Waals surface area contributed by atoms with E-state index in [1.54, 1.807) is 0 Å². The number of amidine groups is 1.